The van der Waals surface area contributed by atoms with Crippen LogP contribution in [-0.2, 0) is 16.1 Å². The largest absolute Gasteiger partial charge is 0.479 e. The number of amides is 1. The summed E-state index contributed by atoms with van der Waals surface area (Å²) in [5.41, 5.74) is -0.253. The number of nitrogens with zero attached hydrogens (tertiary/aromatic N) is 2. The fourth-order valence-corrected chi connectivity index (χ4v) is 4.08. The van der Waals surface area contributed by atoms with Crippen molar-refractivity contribution in [3.05, 3.63) is 35.9 Å². The van der Waals surface area contributed by atoms with Gasteiger partial charge in [0.05, 0.1) is 0 Å². The molecule has 3 atom stereocenters. The number of carbonyl (C=O) groups excluding carboxylic acids is 1. The number of hydrogen-bond donors (Lipinski definition) is 1. The lowest BCUT2D eigenvalue weighted by Gasteiger charge is -2.46. The molecule has 1 N–H and O–H groups in total. The molecule has 2 fully saturated rings. The van der Waals surface area contributed by atoms with E-state index in [1.165, 1.54) is 4.90 Å². The van der Waals surface area contributed by atoms with E-state index in [9.17, 15) is 14.7 Å². The van der Waals surface area contributed by atoms with Gasteiger partial charge in [0.15, 0.2) is 0 Å². The molecule has 0 spiro atoms. The van der Waals surface area contributed by atoms with Gasteiger partial charge in [0.2, 0.25) is 0 Å². The molecular formula is C18H24N2O4. The molecule has 1 aromatic rings. The van der Waals surface area contributed by atoms with Crippen molar-refractivity contribution in [2.75, 3.05) is 26.2 Å². The number of carboxylic acids is 1. The molecule has 0 aliphatic carbocycles. The van der Waals surface area contributed by atoms with Crippen molar-refractivity contribution in [3.8, 4) is 0 Å². The average Bonchev–Trinajstić information content (AvgIpc) is 2.99. The molecule has 0 aromatic heterocycles. The Labute approximate surface area is 142 Å². The van der Waals surface area contributed by atoms with Gasteiger partial charge in [-0.3, -0.25) is 4.90 Å². The van der Waals surface area contributed by atoms with Crippen LogP contribution in [0.15, 0.2) is 30.3 Å². The zero-order valence-electron chi connectivity index (χ0n) is 14.0. The number of carbonyl (C=O) groups is 2. The van der Waals surface area contributed by atoms with Gasteiger partial charge < -0.3 is 14.7 Å². The second-order valence-corrected chi connectivity index (χ2v) is 6.55. The number of rotatable bonds is 5. The van der Waals surface area contributed by atoms with Crippen molar-refractivity contribution in [1.29, 1.82) is 0 Å². The van der Waals surface area contributed by atoms with Gasteiger partial charge in [-0.05, 0) is 31.9 Å². The van der Waals surface area contributed by atoms with Crippen LogP contribution in [0.4, 0.5) is 4.79 Å². The molecule has 2 aliphatic rings. The number of ether oxygens (including phenoxy) is 1. The fraction of sp³-hybridized carbons (Fsp3) is 0.556. The number of fused-ring (bicyclic) bond motifs is 2. The summed E-state index contributed by atoms with van der Waals surface area (Å²) in [6.45, 7) is 4.67. The summed E-state index contributed by atoms with van der Waals surface area (Å²) in [6.07, 6.45) is 0.736. The summed E-state index contributed by atoms with van der Waals surface area (Å²) in [7, 11) is 0. The van der Waals surface area contributed by atoms with Crippen LogP contribution >= 0.6 is 0 Å². The number of piperidine rings is 1. The molecule has 3 unspecified atom stereocenters. The monoisotopic (exact) mass is 332 g/mol. The Balaban J connectivity index is 1.77. The standard InChI is InChI=1S/C18H24N2O4/c1-2-20(17(23)24-13-14-6-4-3-5-7-14)18(16(21)22)9-11-19-10-8-15(18)12-19/h3-7,15H,2,8-13H2,1H3,(H,21,22). The number of benzene rings is 1. The first-order valence-corrected chi connectivity index (χ1v) is 8.52. The molecule has 3 rings (SSSR count). The summed E-state index contributed by atoms with van der Waals surface area (Å²) < 4.78 is 5.43. The second-order valence-electron chi connectivity index (χ2n) is 6.55. The Bertz CT molecular complexity index is 606. The molecule has 0 saturated carbocycles. The molecule has 0 radical (unpaired) electrons. The van der Waals surface area contributed by atoms with Crippen LogP contribution in [0.1, 0.15) is 25.3 Å². The van der Waals surface area contributed by atoms with Gasteiger partial charge in [0.1, 0.15) is 12.1 Å². The van der Waals surface area contributed by atoms with Gasteiger partial charge >= 0.3 is 12.1 Å². The predicted octanol–water partition coefficient (Wildman–Crippen LogP) is 2.19. The second kappa shape index (κ2) is 6.81. The van der Waals surface area contributed by atoms with E-state index in [-0.39, 0.29) is 12.5 Å². The molecule has 130 valence electrons. The summed E-state index contributed by atoms with van der Waals surface area (Å²) in [5, 5.41) is 9.98. The zero-order chi connectivity index (χ0) is 17.2. The van der Waals surface area contributed by atoms with Gasteiger partial charge in [-0.15, -0.1) is 0 Å². The first kappa shape index (κ1) is 16.8. The Morgan fingerprint density at radius 2 is 2.08 bits per heavy atom. The van der Waals surface area contributed by atoms with Crippen LogP contribution in [0, 0.1) is 5.92 Å². The molecule has 2 heterocycles. The van der Waals surface area contributed by atoms with Gasteiger partial charge in [0.25, 0.3) is 0 Å². The normalized spacial score (nSPS) is 28.4. The highest BCUT2D eigenvalue weighted by atomic mass is 16.6. The summed E-state index contributed by atoms with van der Waals surface area (Å²) >= 11 is 0. The Morgan fingerprint density at radius 1 is 1.33 bits per heavy atom. The molecule has 1 amide bonds. The van der Waals surface area contributed by atoms with Crippen LogP contribution in [0.5, 0.6) is 0 Å². The highest BCUT2D eigenvalue weighted by Gasteiger charge is 2.56. The third-order valence-corrected chi connectivity index (χ3v) is 5.35. The van der Waals surface area contributed by atoms with Crippen LogP contribution in [0.25, 0.3) is 0 Å². The van der Waals surface area contributed by atoms with E-state index >= 15 is 0 Å². The van der Waals surface area contributed by atoms with Crippen molar-refractivity contribution in [1.82, 2.24) is 9.80 Å². The first-order chi connectivity index (χ1) is 11.6. The smallest absolute Gasteiger partial charge is 0.411 e. The van der Waals surface area contributed by atoms with E-state index in [1.807, 2.05) is 37.3 Å². The zero-order valence-corrected chi connectivity index (χ0v) is 14.0. The number of carboxylic acid groups (broad SMARTS) is 1. The highest BCUT2D eigenvalue weighted by Crippen LogP contribution is 2.40. The van der Waals surface area contributed by atoms with Crippen LogP contribution in [0.3, 0.4) is 0 Å². The van der Waals surface area contributed by atoms with Crippen molar-refractivity contribution < 1.29 is 19.4 Å². The highest BCUT2D eigenvalue weighted by molar-refractivity contribution is 5.85. The average molecular weight is 332 g/mol. The maximum Gasteiger partial charge on any atom is 0.411 e. The van der Waals surface area contributed by atoms with E-state index in [0.717, 1.165) is 25.1 Å². The van der Waals surface area contributed by atoms with E-state index in [2.05, 4.69) is 4.90 Å². The predicted molar refractivity (Wildman–Crippen MR) is 88.5 cm³/mol. The lowest BCUT2D eigenvalue weighted by atomic mass is 9.77. The number of aliphatic carboxylic acids is 1. The van der Waals surface area contributed by atoms with Crippen LogP contribution in [0.2, 0.25) is 0 Å². The van der Waals surface area contributed by atoms with E-state index in [0.29, 0.717) is 19.5 Å². The summed E-state index contributed by atoms with van der Waals surface area (Å²) in [4.78, 5) is 28.5. The van der Waals surface area contributed by atoms with E-state index < -0.39 is 17.6 Å². The van der Waals surface area contributed by atoms with E-state index in [1.54, 1.807) is 0 Å². The van der Waals surface area contributed by atoms with Gasteiger partial charge in [-0.2, -0.15) is 0 Å². The maximum absolute atomic E-state index is 12.7. The summed E-state index contributed by atoms with van der Waals surface area (Å²) in [5.74, 6) is -0.944. The van der Waals surface area contributed by atoms with E-state index in [4.69, 9.17) is 4.74 Å². The minimum atomic E-state index is -1.14. The Hall–Kier alpha value is -2.08. The van der Waals surface area contributed by atoms with Crippen molar-refractivity contribution in [2.45, 2.75) is 31.9 Å². The molecule has 6 heteroatoms. The SMILES string of the molecule is CCN(C(=O)OCc1ccccc1)C1(C(=O)O)CCN2CCC1C2. The Morgan fingerprint density at radius 3 is 2.75 bits per heavy atom. The molecule has 2 bridgehead atoms. The lowest BCUT2D eigenvalue weighted by molar-refractivity contribution is -0.157. The molecular weight excluding hydrogens is 308 g/mol. The molecule has 2 saturated heterocycles. The molecule has 6 nitrogen and oxygen atoms in total. The molecule has 2 aliphatic heterocycles. The van der Waals surface area contributed by atoms with Crippen LogP contribution < -0.4 is 0 Å². The topological polar surface area (TPSA) is 70.1 Å². The summed E-state index contributed by atoms with van der Waals surface area (Å²) in [6, 6.07) is 9.43. The molecule has 1 aromatic carbocycles. The minimum Gasteiger partial charge on any atom is -0.479 e. The fourth-order valence-electron chi connectivity index (χ4n) is 4.08. The maximum atomic E-state index is 12.7. The van der Waals surface area contributed by atoms with Gasteiger partial charge in [0, 0.05) is 25.6 Å². The van der Waals surface area contributed by atoms with Gasteiger partial charge in [-0.1, -0.05) is 30.3 Å². The first-order valence-electron chi connectivity index (χ1n) is 8.52. The Kier molecular flexibility index (Phi) is 4.76. The number of likely N-dealkylation sites (N-methyl/N-ethyl adjacent to an activating group) is 1. The lowest BCUT2D eigenvalue weighted by Crippen LogP contribution is -2.64. The third-order valence-electron chi connectivity index (χ3n) is 5.35. The third kappa shape index (κ3) is 2.86. The van der Waals surface area contributed by atoms with Crippen molar-refractivity contribution in [2.24, 2.45) is 5.92 Å². The quantitative estimate of drug-likeness (QED) is 0.895. The minimum absolute atomic E-state index is 0.0343. The van der Waals surface area contributed by atoms with Crippen molar-refractivity contribution in [3.63, 3.8) is 0 Å². The van der Waals surface area contributed by atoms with Crippen molar-refractivity contribution >= 4 is 12.1 Å². The molecule has 24 heavy (non-hydrogen) atoms. The number of hydrogen-bond acceptors (Lipinski definition) is 4. The van der Waals surface area contributed by atoms with Crippen LogP contribution in [-0.4, -0.2) is 58.7 Å². The van der Waals surface area contributed by atoms with Gasteiger partial charge in [-0.25, -0.2) is 9.59 Å².